The van der Waals surface area contributed by atoms with Crippen molar-refractivity contribution in [2.45, 2.75) is 176 Å². The van der Waals surface area contributed by atoms with Crippen molar-refractivity contribution < 1.29 is 21.2 Å². The molecule has 0 amide bonds. The fraction of sp³-hybridized carbons (Fsp3) is 0.507. The first kappa shape index (κ1) is 62.7. The van der Waals surface area contributed by atoms with Crippen LogP contribution in [0.25, 0.3) is 11.1 Å². The molecule has 397 valence electrons. The summed E-state index contributed by atoms with van der Waals surface area (Å²) in [6, 6.07) is 25.9. The summed E-state index contributed by atoms with van der Waals surface area (Å²) in [5.74, 6) is 3.17. The predicted molar refractivity (Wildman–Crippen MR) is 313 cm³/mol. The number of ether oxygens (including phenoxy) is 1. The van der Waals surface area contributed by atoms with Gasteiger partial charge in [0.1, 0.15) is 0 Å². The summed E-state index contributed by atoms with van der Waals surface area (Å²) in [5, 5.41) is 0. The maximum atomic E-state index is 5.67. The van der Waals surface area contributed by atoms with Crippen molar-refractivity contribution in [3.63, 3.8) is 0 Å². The van der Waals surface area contributed by atoms with Crippen LogP contribution in [-0.2, 0) is 24.0 Å². The third-order valence-corrected chi connectivity index (χ3v) is 16.8. The number of rotatable bonds is 21. The number of benzene rings is 3. The molecule has 3 N–H and O–H groups in total. The lowest BCUT2D eigenvalue weighted by molar-refractivity contribution is 0.113. The van der Waals surface area contributed by atoms with E-state index in [9.17, 15) is 0 Å². The monoisotopic (exact) mass is 990 g/mol. The minimum absolute atomic E-state index is 0. The maximum absolute atomic E-state index is 5.67. The molecule has 0 spiro atoms. The van der Waals surface area contributed by atoms with E-state index in [0.717, 1.165) is 51.0 Å². The Labute approximate surface area is 445 Å². The number of aryl methyl sites for hydroxylation is 3. The van der Waals surface area contributed by atoms with Gasteiger partial charge in [0.05, 0.1) is 0 Å². The van der Waals surface area contributed by atoms with Crippen LogP contribution in [0.15, 0.2) is 151 Å². The number of unbranched alkanes of at least 4 members (excludes halogenated alkanes) is 6. The van der Waals surface area contributed by atoms with Crippen molar-refractivity contribution in [3.8, 4) is 0 Å². The lowest BCUT2D eigenvalue weighted by Gasteiger charge is -2.38. The minimum atomic E-state index is 0. The van der Waals surface area contributed by atoms with Gasteiger partial charge < -0.3 is 4.74 Å². The summed E-state index contributed by atoms with van der Waals surface area (Å²) in [6.07, 6.45) is 29.7. The molecule has 8 rings (SSSR count). The van der Waals surface area contributed by atoms with Gasteiger partial charge in [-0.2, -0.15) is 0 Å². The second-order valence-electron chi connectivity index (χ2n) is 22.8. The topological polar surface area (TPSA) is 99.2 Å². The van der Waals surface area contributed by atoms with Crippen LogP contribution in [0.3, 0.4) is 0 Å². The Kier molecular flexibility index (Phi) is 24.8. The van der Waals surface area contributed by atoms with Crippen molar-refractivity contribution in [1.82, 2.24) is 0 Å². The van der Waals surface area contributed by atoms with Gasteiger partial charge >= 0.3 is 0 Å². The van der Waals surface area contributed by atoms with Crippen LogP contribution in [0.1, 0.15) is 196 Å². The van der Waals surface area contributed by atoms with Crippen LogP contribution in [0.4, 0.5) is 0 Å². The molecule has 4 nitrogen and oxygen atoms in total. The smallest absolute Gasteiger partial charge is 0.0493 e. The van der Waals surface area contributed by atoms with Gasteiger partial charge in [0.15, 0.2) is 0 Å². The Morgan fingerprint density at radius 3 is 1.89 bits per heavy atom. The lowest BCUT2D eigenvalue weighted by atomic mass is 9.68. The second kappa shape index (κ2) is 28.9. The summed E-state index contributed by atoms with van der Waals surface area (Å²) >= 11 is 0. The summed E-state index contributed by atoms with van der Waals surface area (Å²) < 4.78 is 5.67. The Morgan fingerprint density at radius 1 is 0.685 bits per heavy atom. The summed E-state index contributed by atoms with van der Waals surface area (Å²) in [6.45, 7) is 37.2. The molecule has 0 aromatic heterocycles. The van der Waals surface area contributed by atoms with E-state index in [4.69, 9.17) is 11.3 Å². The molecule has 4 heteroatoms. The standard InChI is InChI=1S/C66H84O.C2H6.CH4.3HO/c1-44-32-37-57(45(2)38-44)64-48(5)58-31-21-28-54(65(58)49(64)6)25-18-14-17-23-51-35-33-50(34-36-51)22-15-12-11-13-16-24-52-39-60-47(4)59(42-61(60)62(40-52)66(7,8)9)55-29-20-30-56(41-55)63(46(3)43-67-10)53-26-19-27-53;1-2;;;;/h20-21,28-31,33-36,39-42,46,53,57,59-60,63-64H,1-2,4-6,11-19,22-27,32,37-38,43H2,3,7-10H3;1-2H3;1H4;3*1H/t46?,57?,59?,60?,63-,64?;;;;;/m1...../s1. The number of fused-ring (bicyclic) bond motifs is 2. The average Bonchev–Trinajstić information content (AvgIpc) is 3.79. The highest BCUT2D eigenvalue weighted by Gasteiger charge is 2.40. The van der Waals surface area contributed by atoms with Crippen molar-refractivity contribution in [3.05, 3.63) is 190 Å². The normalized spacial score (nSPS) is 21.0. The second-order valence-corrected chi connectivity index (χ2v) is 22.8. The van der Waals surface area contributed by atoms with Crippen LogP contribution in [0.2, 0.25) is 0 Å². The summed E-state index contributed by atoms with van der Waals surface area (Å²) in [4.78, 5) is 0. The van der Waals surface area contributed by atoms with E-state index in [0.29, 0.717) is 29.6 Å². The highest BCUT2D eigenvalue weighted by molar-refractivity contribution is 5.95. The molecule has 2 saturated carbocycles. The zero-order chi connectivity index (χ0) is 49.2. The van der Waals surface area contributed by atoms with E-state index in [-0.39, 0.29) is 35.2 Å². The van der Waals surface area contributed by atoms with E-state index in [2.05, 4.69) is 139 Å². The number of allylic oxidation sites excluding steroid dienone is 11. The van der Waals surface area contributed by atoms with Crippen molar-refractivity contribution in [2.75, 3.05) is 13.7 Å². The predicted octanol–water partition coefficient (Wildman–Crippen LogP) is 19.2. The van der Waals surface area contributed by atoms with E-state index in [1.54, 1.807) is 0 Å². The molecule has 5 aliphatic rings. The minimum Gasteiger partial charge on any atom is -0.384 e. The highest BCUT2D eigenvalue weighted by Crippen LogP contribution is 2.54. The van der Waals surface area contributed by atoms with Gasteiger partial charge in [-0.05, 0) is 174 Å². The molecule has 5 unspecified atom stereocenters. The Bertz CT molecular complexity index is 2410. The number of hydrogen-bond acceptors (Lipinski definition) is 1. The van der Waals surface area contributed by atoms with Gasteiger partial charge in [-0.3, -0.25) is 16.4 Å². The molecule has 0 aliphatic heterocycles. The first-order valence-corrected chi connectivity index (χ1v) is 27.7. The van der Waals surface area contributed by atoms with Crippen LogP contribution < -0.4 is 0 Å². The Balaban J connectivity index is 0.00000232. The molecular formula is C69H97O4. The van der Waals surface area contributed by atoms with E-state index in [1.165, 1.54) is 161 Å². The van der Waals surface area contributed by atoms with Gasteiger partial charge in [-0.25, -0.2) is 0 Å². The third kappa shape index (κ3) is 14.8. The largest absolute Gasteiger partial charge is 0.384 e. The van der Waals surface area contributed by atoms with Crippen LogP contribution in [0, 0.1) is 35.0 Å². The zero-order valence-electron chi connectivity index (χ0n) is 45.8. The van der Waals surface area contributed by atoms with Gasteiger partial charge in [0.25, 0.3) is 0 Å². The van der Waals surface area contributed by atoms with E-state index in [1.807, 2.05) is 21.0 Å². The first-order valence-electron chi connectivity index (χ1n) is 27.7. The fourth-order valence-corrected chi connectivity index (χ4v) is 12.9. The van der Waals surface area contributed by atoms with Gasteiger partial charge in [0.2, 0.25) is 0 Å². The molecule has 6 atom stereocenters. The molecule has 0 heterocycles. The molecular weight excluding hydrogens is 893 g/mol. The van der Waals surface area contributed by atoms with E-state index < -0.39 is 0 Å². The molecule has 3 aromatic carbocycles. The number of hydrogen-bond donors (Lipinski definition) is 3. The van der Waals surface area contributed by atoms with Crippen LogP contribution >= 0.6 is 0 Å². The van der Waals surface area contributed by atoms with E-state index >= 15 is 0 Å². The van der Waals surface area contributed by atoms with Crippen LogP contribution in [0.5, 0.6) is 0 Å². The molecule has 0 bridgehead atoms. The molecule has 3 radical (unpaired) electrons. The fourth-order valence-electron chi connectivity index (χ4n) is 12.9. The SMILES string of the molecule is C.C=C1CCC(C2C(=C)c3cccc(CCCCCc4ccc(CCCCCCCC5=CC6C(=C)C(c7cccc([C@H](C(C)COC)C8CCC8)c7)C=C6C(C(C)(C)C)=C5)cc4)c3C2=C)C(=C)C1.CC.[OH].[OH].[OH]. The van der Waals surface area contributed by atoms with Crippen molar-refractivity contribution >= 4 is 11.1 Å². The number of methoxy groups -OCH3 is 1. The van der Waals surface area contributed by atoms with Gasteiger partial charge in [0, 0.05) is 31.5 Å². The lowest BCUT2D eigenvalue weighted by Crippen LogP contribution is -2.27. The molecule has 2 fully saturated rings. The molecule has 73 heavy (non-hydrogen) atoms. The Hall–Kier alpha value is -4.58. The van der Waals surface area contributed by atoms with Crippen molar-refractivity contribution in [1.29, 1.82) is 0 Å². The van der Waals surface area contributed by atoms with Crippen LogP contribution in [-0.4, -0.2) is 30.1 Å². The molecule has 5 aliphatic carbocycles. The quantitative estimate of drug-likeness (QED) is 0.0719. The Morgan fingerprint density at radius 2 is 1.29 bits per heavy atom. The average molecular weight is 991 g/mol. The van der Waals surface area contributed by atoms with Gasteiger partial charge in [-0.1, -0.05) is 221 Å². The zero-order valence-corrected chi connectivity index (χ0v) is 45.8. The molecule has 3 aromatic rings. The maximum Gasteiger partial charge on any atom is 0.0493 e. The molecule has 0 saturated heterocycles. The first-order chi connectivity index (χ1) is 33.3. The third-order valence-electron chi connectivity index (χ3n) is 16.8. The summed E-state index contributed by atoms with van der Waals surface area (Å²) in [7, 11) is 1.85. The van der Waals surface area contributed by atoms with Crippen molar-refractivity contribution in [2.24, 2.45) is 35.0 Å². The highest BCUT2D eigenvalue weighted by atomic mass is 16.5. The summed E-state index contributed by atoms with van der Waals surface area (Å²) in [5.41, 5.74) is 21.1. The van der Waals surface area contributed by atoms with Gasteiger partial charge in [-0.15, -0.1) is 0 Å².